The fraction of sp³-hybridized carbons (Fsp3) is 0.750. The Labute approximate surface area is 81.4 Å². The SMILES string of the molecule is CC1C(CO)CCN1c1ncns1. The summed E-state index contributed by atoms with van der Waals surface area (Å²) in [4.78, 5) is 6.39. The van der Waals surface area contributed by atoms with Crippen LogP contribution in [0.2, 0.25) is 0 Å². The lowest BCUT2D eigenvalue weighted by Gasteiger charge is -2.22. The Morgan fingerprint density at radius 3 is 3.15 bits per heavy atom. The minimum absolute atomic E-state index is 0.274. The van der Waals surface area contributed by atoms with E-state index >= 15 is 0 Å². The molecule has 4 nitrogen and oxygen atoms in total. The van der Waals surface area contributed by atoms with Crippen molar-refractivity contribution in [2.75, 3.05) is 18.1 Å². The summed E-state index contributed by atoms with van der Waals surface area (Å²) in [5.41, 5.74) is 0. The first-order valence-corrected chi connectivity index (χ1v) is 5.24. The second-order valence-corrected chi connectivity index (χ2v) is 4.15. The minimum Gasteiger partial charge on any atom is -0.396 e. The Balaban J connectivity index is 2.11. The van der Waals surface area contributed by atoms with Gasteiger partial charge in [-0.2, -0.15) is 4.37 Å². The molecular formula is C8H13N3OS. The maximum absolute atomic E-state index is 9.09. The van der Waals surface area contributed by atoms with Crippen LogP contribution in [0.4, 0.5) is 5.13 Å². The first-order chi connectivity index (χ1) is 6.33. The Kier molecular flexibility index (Phi) is 2.46. The highest BCUT2D eigenvalue weighted by atomic mass is 32.1. The van der Waals surface area contributed by atoms with Crippen LogP contribution >= 0.6 is 11.5 Å². The van der Waals surface area contributed by atoms with Gasteiger partial charge in [-0.05, 0) is 13.3 Å². The number of nitrogens with zero attached hydrogens (tertiary/aromatic N) is 3. The average molecular weight is 199 g/mol. The molecule has 1 aromatic rings. The molecule has 0 radical (unpaired) electrons. The summed E-state index contributed by atoms with van der Waals surface area (Å²) < 4.78 is 3.98. The summed E-state index contributed by atoms with van der Waals surface area (Å²) in [6, 6.07) is 0.387. The standard InChI is InChI=1S/C8H13N3OS/c1-6-7(4-12)2-3-11(6)8-9-5-10-13-8/h5-7,12H,2-4H2,1H3. The first-order valence-electron chi connectivity index (χ1n) is 4.47. The highest BCUT2D eigenvalue weighted by Crippen LogP contribution is 2.29. The molecule has 0 amide bonds. The highest BCUT2D eigenvalue weighted by molar-refractivity contribution is 7.09. The number of aliphatic hydroxyl groups excluding tert-OH is 1. The zero-order valence-electron chi connectivity index (χ0n) is 7.55. The van der Waals surface area contributed by atoms with Crippen molar-refractivity contribution >= 4 is 16.7 Å². The molecule has 1 fully saturated rings. The van der Waals surface area contributed by atoms with Crippen LogP contribution in [-0.4, -0.2) is 33.7 Å². The second kappa shape index (κ2) is 3.59. The predicted molar refractivity (Wildman–Crippen MR) is 51.9 cm³/mol. The summed E-state index contributed by atoms with van der Waals surface area (Å²) in [5, 5.41) is 10.1. The third-order valence-electron chi connectivity index (χ3n) is 2.74. The van der Waals surface area contributed by atoms with Crippen LogP contribution < -0.4 is 4.90 Å². The highest BCUT2D eigenvalue weighted by Gasteiger charge is 2.31. The lowest BCUT2D eigenvalue weighted by molar-refractivity contribution is 0.221. The Morgan fingerprint density at radius 1 is 1.77 bits per heavy atom. The molecule has 1 aliphatic rings. The largest absolute Gasteiger partial charge is 0.396 e. The Bertz CT molecular complexity index is 264. The zero-order valence-corrected chi connectivity index (χ0v) is 8.37. The van der Waals surface area contributed by atoms with Crippen molar-refractivity contribution in [2.24, 2.45) is 5.92 Å². The van der Waals surface area contributed by atoms with E-state index in [9.17, 15) is 0 Å². The van der Waals surface area contributed by atoms with Crippen molar-refractivity contribution in [3.63, 3.8) is 0 Å². The van der Waals surface area contributed by atoms with E-state index in [2.05, 4.69) is 21.2 Å². The van der Waals surface area contributed by atoms with Crippen molar-refractivity contribution < 1.29 is 5.11 Å². The van der Waals surface area contributed by atoms with E-state index in [0.717, 1.165) is 18.1 Å². The molecule has 13 heavy (non-hydrogen) atoms. The number of rotatable bonds is 2. The van der Waals surface area contributed by atoms with Gasteiger partial charge < -0.3 is 10.0 Å². The maximum atomic E-state index is 9.09. The predicted octanol–water partition coefficient (Wildman–Crippen LogP) is 0.745. The molecule has 1 aliphatic heterocycles. The fourth-order valence-electron chi connectivity index (χ4n) is 1.81. The van der Waals surface area contributed by atoms with Crippen LogP contribution in [0.5, 0.6) is 0 Å². The van der Waals surface area contributed by atoms with Gasteiger partial charge in [-0.15, -0.1) is 0 Å². The molecule has 2 rings (SSSR count). The van der Waals surface area contributed by atoms with Crippen molar-refractivity contribution in [1.82, 2.24) is 9.36 Å². The van der Waals surface area contributed by atoms with Crippen molar-refractivity contribution in [3.8, 4) is 0 Å². The molecule has 1 N–H and O–H groups in total. The molecule has 2 unspecified atom stereocenters. The fourth-order valence-corrected chi connectivity index (χ4v) is 2.46. The van der Waals surface area contributed by atoms with E-state index in [1.807, 2.05) is 0 Å². The van der Waals surface area contributed by atoms with Crippen molar-refractivity contribution in [3.05, 3.63) is 6.33 Å². The molecule has 2 atom stereocenters. The number of anilines is 1. The topological polar surface area (TPSA) is 49.2 Å². The summed E-state index contributed by atoms with van der Waals surface area (Å²) in [6.07, 6.45) is 2.64. The number of hydrogen-bond donors (Lipinski definition) is 1. The van der Waals surface area contributed by atoms with Gasteiger partial charge in [-0.3, -0.25) is 0 Å². The van der Waals surface area contributed by atoms with Gasteiger partial charge in [0.1, 0.15) is 6.33 Å². The lowest BCUT2D eigenvalue weighted by atomic mass is 10.0. The van der Waals surface area contributed by atoms with Gasteiger partial charge in [-0.1, -0.05) is 0 Å². The van der Waals surface area contributed by atoms with Gasteiger partial charge in [0.15, 0.2) is 0 Å². The summed E-state index contributed by atoms with van der Waals surface area (Å²) in [5.74, 6) is 0.392. The van der Waals surface area contributed by atoms with Gasteiger partial charge in [0, 0.05) is 36.6 Å². The maximum Gasteiger partial charge on any atom is 0.205 e. The minimum atomic E-state index is 0.274. The Morgan fingerprint density at radius 2 is 2.62 bits per heavy atom. The molecule has 0 spiro atoms. The van der Waals surface area contributed by atoms with Gasteiger partial charge in [0.05, 0.1) is 0 Å². The van der Waals surface area contributed by atoms with Crippen molar-refractivity contribution in [2.45, 2.75) is 19.4 Å². The second-order valence-electron chi connectivity index (χ2n) is 3.39. The molecule has 5 heteroatoms. The third kappa shape index (κ3) is 1.53. The third-order valence-corrected chi connectivity index (χ3v) is 3.45. The van der Waals surface area contributed by atoms with Crippen LogP contribution in [0.25, 0.3) is 0 Å². The molecule has 0 bridgehead atoms. The normalized spacial score (nSPS) is 28.3. The van der Waals surface area contributed by atoms with Crippen LogP contribution in [0, 0.1) is 5.92 Å². The van der Waals surface area contributed by atoms with E-state index < -0.39 is 0 Å². The smallest absolute Gasteiger partial charge is 0.205 e. The van der Waals surface area contributed by atoms with E-state index in [1.165, 1.54) is 11.5 Å². The number of aromatic nitrogens is 2. The molecule has 1 aromatic heterocycles. The van der Waals surface area contributed by atoms with Gasteiger partial charge in [-0.25, -0.2) is 4.98 Å². The van der Waals surface area contributed by atoms with Gasteiger partial charge >= 0.3 is 0 Å². The Hall–Kier alpha value is -0.680. The summed E-state index contributed by atoms with van der Waals surface area (Å²) in [6.45, 7) is 3.40. The van der Waals surface area contributed by atoms with E-state index in [1.54, 1.807) is 6.33 Å². The van der Waals surface area contributed by atoms with E-state index in [4.69, 9.17) is 5.11 Å². The quantitative estimate of drug-likeness (QED) is 0.763. The van der Waals surface area contributed by atoms with Gasteiger partial charge in [0.25, 0.3) is 0 Å². The number of hydrogen-bond acceptors (Lipinski definition) is 5. The van der Waals surface area contributed by atoms with Crippen LogP contribution in [0.3, 0.4) is 0 Å². The molecule has 0 aliphatic carbocycles. The van der Waals surface area contributed by atoms with Crippen LogP contribution in [-0.2, 0) is 0 Å². The van der Waals surface area contributed by atoms with Gasteiger partial charge in [0.2, 0.25) is 5.13 Å². The summed E-state index contributed by atoms with van der Waals surface area (Å²) >= 11 is 1.42. The molecular weight excluding hydrogens is 186 g/mol. The molecule has 2 heterocycles. The first kappa shape index (κ1) is 8.90. The molecule has 1 saturated heterocycles. The average Bonchev–Trinajstić information content (AvgIpc) is 2.72. The zero-order chi connectivity index (χ0) is 9.26. The van der Waals surface area contributed by atoms with Crippen molar-refractivity contribution in [1.29, 1.82) is 0 Å². The molecule has 72 valence electrons. The van der Waals surface area contributed by atoms with E-state index in [0.29, 0.717) is 12.0 Å². The molecule has 0 saturated carbocycles. The molecule has 0 aromatic carbocycles. The monoisotopic (exact) mass is 199 g/mol. The van der Waals surface area contributed by atoms with Crippen LogP contribution in [0.15, 0.2) is 6.33 Å². The number of aliphatic hydroxyl groups is 1. The van der Waals surface area contributed by atoms with Crippen LogP contribution in [0.1, 0.15) is 13.3 Å². The lowest BCUT2D eigenvalue weighted by Crippen LogP contribution is -2.30. The summed E-state index contributed by atoms with van der Waals surface area (Å²) in [7, 11) is 0. The van der Waals surface area contributed by atoms with E-state index in [-0.39, 0.29) is 6.61 Å².